The Morgan fingerprint density at radius 2 is 2.05 bits per heavy atom. The number of benzene rings is 2. The van der Waals surface area contributed by atoms with Crippen LogP contribution in [0.25, 0.3) is 0 Å². The molecule has 1 aliphatic rings. The first-order valence-electron chi connectivity index (χ1n) is 6.89. The van der Waals surface area contributed by atoms with Crippen LogP contribution in [0.1, 0.15) is 11.1 Å². The molecule has 0 saturated heterocycles. The third kappa shape index (κ3) is 3.46. The highest BCUT2D eigenvalue weighted by Crippen LogP contribution is 2.17. The monoisotopic (exact) mass is 315 g/mol. The summed E-state index contributed by atoms with van der Waals surface area (Å²) in [6, 6.07) is 16.1. The van der Waals surface area contributed by atoms with E-state index >= 15 is 0 Å². The average Bonchev–Trinajstić information content (AvgIpc) is 3.04. The minimum atomic E-state index is -0.627. The van der Waals surface area contributed by atoms with Crippen molar-refractivity contribution in [2.24, 2.45) is 4.99 Å². The van der Waals surface area contributed by atoms with Crippen molar-refractivity contribution in [1.29, 1.82) is 0 Å². The van der Waals surface area contributed by atoms with E-state index in [1.807, 2.05) is 42.5 Å². The van der Waals surface area contributed by atoms with Gasteiger partial charge in [-0.15, -0.1) is 0 Å². The standard InChI is InChI=1S/C17H14ClNO3/c18-14-8-4-7-13(9-14)16-19-15(11-21-16)17(20)22-10-12-5-2-1-3-6-12/h1-9,15H,10-11H2/t15-/m0/s1. The van der Waals surface area contributed by atoms with Crippen molar-refractivity contribution in [1.82, 2.24) is 0 Å². The smallest absolute Gasteiger partial charge is 0.334 e. The third-order valence-electron chi connectivity index (χ3n) is 3.22. The van der Waals surface area contributed by atoms with Crippen molar-refractivity contribution in [3.05, 3.63) is 70.7 Å². The van der Waals surface area contributed by atoms with Gasteiger partial charge in [0.1, 0.15) is 13.2 Å². The molecule has 0 bridgehead atoms. The van der Waals surface area contributed by atoms with E-state index in [0.717, 1.165) is 11.1 Å². The van der Waals surface area contributed by atoms with Crippen molar-refractivity contribution in [2.45, 2.75) is 12.6 Å². The molecule has 3 rings (SSSR count). The number of hydrogen-bond donors (Lipinski definition) is 0. The minimum absolute atomic E-state index is 0.190. The van der Waals surface area contributed by atoms with Crippen LogP contribution in [0, 0.1) is 0 Å². The van der Waals surface area contributed by atoms with E-state index in [0.29, 0.717) is 10.9 Å². The summed E-state index contributed by atoms with van der Waals surface area (Å²) in [4.78, 5) is 16.3. The molecule has 0 radical (unpaired) electrons. The van der Waals surface area contributed by atoms with E-state index < -0.39 is 6.04 Å². The molecule has 0 N–H and O–H groups in total. The van der Waals surface area contributed by atoms with Crippen LogP contribution in [0.15, 0.2) is 59.6 Å². The molecule has 0 fully saturated rings. The van der Waals surface area contributed by atoms with Crippen LogP contribution in [0.5, 0.6) is 0 Å². The van der Waals surface area contributed by atoms with Crippen LogP contribution >= 0.6 is 11.6 Å². The highest BCUT2D eigenvalue weighted by atomic mass is 35.5. The van der Waals surface area contributed by atoms with Gasteiger partial charge in [-0.25, -0.2) is 9.79 Å². The number of carbonyl (C=O) groups is 1. The SMILES string of the molecule is O=C(OCc1ccccc1)[C@@H]1COC(c2cccc(Cl)c2)=N1. The Balaban J connectivity index is 1.62. The number of carbonyl (C=O) groups excluding carboxylic acids is 1. The fraction of sp³-hybridized carbons (Fsp3) is 0.176. The Hall–Kier alpha value is -2.33. The van der Waals surface area contributed by atoms with Crippen LogP contribution in [-0.2, 0) is 20.9 Å². The molecule has 5 heteroatoms. The van der Waals surface area contributed by atoms with E-state index in [1.165, 1.54) is 0 Å². The second-order valence-electron chi connectivity index (χ2n) is 4.86. The van der Waals surface area contributed by atoms with Crippen molar-refractivity contribution >= 4 is 23.5 Å². The summed E-state index contributed by atoms with van der Waals surface area (Å²) >= 11 is 5.94. The highest BCUT2D eigenvalue weighted by molar-refractivity contribution is 6.31. The summed E-state index contributed by atoms with van der Waals surface area (Å²) in [6.07, 6.45) is 0. The molecule has 4 nitrogen and oxygen atoms in total. The van der Waals surface area contributed by atoms with Gasteiger partial charge in [-0.2, -0.15) is 0 Å². The van der Waals surface area contributed by atoms with Crippen LogP contribution in [0.2, 0.25) is 5.02 Å². The fourth-order valence-electron chi connectivity index (χ4n) is 2.10. The number of nitrogens with zero attached hydrogens (tertiary/aromatic N) is 1. The lowest BCUT2D eigenvalue weighted by molar-refractivity contribution is -0.146. The molecule has 2 aromatic rings. The minimum Gasteiger partial charge on any atom is -0.475 e. The first kappa shape index (κ1) is 14.6. The van der Waals surface area contributed by atoms with Gasteiger partial charge >= 0.3 is 5.97 Å². The van der Waals surface area contributed by atoms with Crippen molar-refractivity contribution in [2.75, 3.05) is 6.61 Å². The summed E-state index contributed by atoms with van der Waals surface area (Å²) < 4.78 is 10.7. The summed E-state index contributed by atoms with van der Waals surface area (Å²) in [5, 5.41) is 0.596. The zero-order chi connectivity index (χ0) is 15.4. The Kier molecular flexibility index (Phi) is 4.39. The number of hydrogen-bond acceptors (Lipinski definition) is 4. The Bertz CT molecular complexity index is 700. The average molecular weight is 316 g/mol. The Morgan fingerprint density at radius 1 is 1.23 bits per heavy atom. The number of rotatable bonds is 4. The van der Waals surface area contributed by atoms with Gasteiger partial charge in [-0.1, -0.05) is 48.0 Å². The van der Waals surface area contributed by atoms with Crippen LogP contribution in [0.3, 0.4) is 0 Å². The van der Waals surface area contributed by atoms with E-state index in [9.17, 15) is 4.79 Å². The van der Waals surface area contributed by atoms with Crippen LogP contribution < -0.4 is 0 Å². The number of esters is 1. The molecular weight excluding hydrogens is 302 g/mol. The lowest BCUT2D eigenvalue weighted by Gasteiger charge is -2.06. The van der Waals surface area contributed by atoms with Gasteiger partial charge in [0.15, 0.2) is 6.04 Å². The van der Waals surface area contributed by atoms with E-state index in [2.05, 4.69) is 4.99 Å². The molecule has 0 unspecified atom stereocenters. The van der Waals surface area contributed by atoms with Crippen LogP contribution in [-0.4, -0.2) is 24.5 Å². The molecule has 0 saturated carbocycles. The summed E-state index contributed by atoms with van der Waals surface area (Å²) in [5.41, 5.74) is 1.69. The van der Waals surface area contributed by atoms with E-state index in [4.69, 9.17) is 21.1 Å². The maximum atomic E-state index is 12.0. The molecule has 1 atom stereocenters. The highest BCUT2D eigenvalue weighted by Gasteiger charge is 2.28. The quantitative estimate of drug-likeness (QED) is 0.814. The zero-order valence-corrected chi connectivity index (χ0v) is 12.5. The topological polar surface area (TPSA) is 47.9 Å². The van der Waals surface area contributed by atoms with Gasteiger partial charge in [-0.05, 0) is 23.8 Å². The van der Waals surface area contributed by atoms with Crippen molar-refractivity contribution in [3.8, 4) is 0 Å². The van der Waals surface area contributed by atoms with E-state index in [1.54, 1.807) is 12.1 Å². The molecule has 112 valence electrons. The first-order valence-corrected chi connectivity index (χ1v) is 7.27. The molecule has 0 spiro atoms. The molecule has 1 heterocycles. The predicted molar refractivity (Wildman–Crippen MR) is 84.0 cm³/mol. The second kappa shape index (κ2) is 6.62. The third-order valence-corrected chi connectivity index (χ3v) is 3.45. The zero-order valence-electron chi connectivity index (χ0n) is 11.7. The normalized spacial score (nSPS) is 16.8. The lowest BCUT2D eigenvalue weighted by Crippen LogP contribution is -2.22. The van der Waals surface area contributed by atoms with Gasteiger partial charge in [-0.3, -0.25) is 0 Å². The molecule has 22 heavy (non-hydrogen) atoms. The molecule has 0 aliphatic carbocycles. The summed E-state index contributed by atoms with van der Waals surface area (Å²) in [5.74, 6) is 0.0324. The Labute approximate surface area is 133 Å². The second-order valence-corrected chi connectivity index (χ2v) is 5.30. The van der Waals surface area contributed by atoms with Crippen molar-refractivity contribution < 1.29 is 14.3 Å². The van der Waals surface area contributed by atoms with E-state index in [-0.39, 0.29) is 19.2 Å². The first-order chi connectivity index (χ1) is 10.7. The molecular formula is C17H14ClNO3. The van der Waals surface area contributed by atoms with Gasteiger partial charge in [0, 0.05) is 10.6 Å². The number of halogens is 1. The maximum absolute atomic E-state index is 12.0. The lowest BCUT2D eigenvalue weighted by atomic mass is 10.2. The largest absolute Gasteiger partial charge is 0.475 e. The van der Waals surface area contributed by atoms with Gasteiger partial charge < -0.3 is 9.47 Å². The van der Waals surface area contributed by atoms with Crippen molar-refractivity contribution in [3.63, 3.8) is 0 Å². The fourth-order valence-corrected chi connectivity index (χ4v) is 2.29. The van der Waals surface area contributed by atoms with Gasteiger partial charge in [0.2, 0.25) is 5.90 Å². The van der Waals surface area contributed by atoms with Crippen LogP contribution in [0.4, 0.5) is 0 Å². The predicted octanol–water partition coefficient (Wildman–Crippen LogP) is 3.23. The maximum Gasteiger partial charge on any atom is 0.334 e. The number of ether oxygens (including phenoxy) is 2. The molecule has 0 amide bonds. The summed E-state index contributed by atoms with van der Waals surface area (Å²) in [7, 11) is 0. The summed E-state index contributed by atoms with van der Waals surface area (Å²) in [6.45, 7) is 0.424. The van der Waals surface area contributed by atoms with Gasteiger partial charge in [0.05, 0.1) is 0 Å². The number of aliphatic imine (C=N–C) groups is 1. The molecule has 2 aromatic carbocycles. The molecule has 0 aromatic heterocycles. The molecule has 1 aliphatic heterocycles. The Morgan fingerprint density at radius 3 is 2.82 bits per heavy atom. The van der Waals surface area contributed by atoms with Gasteiger partial charge in [0.25, 0.3) is 0 Å².